The van der Waals surface area contributed by atoms with Crippen LogP contribution in [-0.2, 0) is 17.5 Å². The van der Waals surface area contributed by atoms with Gasteiger partial charge in [-0.3, -0.25) is 9.69 Å². The van der Waals surface area contributed by atoms with Gasteiger partial charge < -0.3 is 30.1 Å². The van der Waals surface area contributed by atoms with Crippen molar-refractivity contribution in [3.63, 3.8) is 0 Å². The molecule has 0 saturated carbocycles. The topological polar surface area (TPSA) is 103 Å². The van der Waals surface area contributed by atoms with E-state index >= 15 is 0 Å². The average molecular weight is 735 g/mol. The number of hydrogen-bond donors (Lipinski definition) is 3. The van der Waals surface area contributed by atoms with Crippen molar-refractivity contribution in [1.29, 1.82) is 0 Å². The number of hydrogen-bond acceptors (Lipinski definition) is 6. The summed E-state index contributed by atoms with van der Waals surface area (Å²) in [5.74, 6) is -0.180. The number of likely N-dealkylation sites (N-methyl/N-ethyl adjacent to an activating group) is 1. The van der Waals surface area contributed by atoms with Crippen molar-refractivity contribution in [2.75, 3.05) is 44.0 Å². The molecule has 0 aliphatic carbocycles. The van der Waals surface area contributed by atoms with Crippen LogP contribution in [0.3, 0.4) is 0 Å². The highest BCUT2D eigenvalue weighted by atomic mass is 19.4. The minimum atomic E-state index is -4.40. The Morgan fingerprint density at radius 1 is 1.00 bits per heavy atom. The predicted molar refractivity (Wildman–Crippen MR) is 201 cm³/mol. The first-order valence-corrected chi connectivity index (χ1v) is 18.1. The fourth-order valence-corrected chi connectivity index (χ4v) is 6.56. The second kappa shape index (κ2) is 17.9. The number of benzene rings is 4. The van der Waals surface area contributed by atoms with E-state index in [9.17, 15) is 27.9 Å². The van der Waals surface area contributed by atoms with Gasteiger partial charge in [0.15, 0.2) is 0 Å². The van der Waals surface area contributed by atoms with Gasteiger partial charge in [0.05, 0.1) is 41.7 Å². The zero-order chi connectivity index (χ0) is 38.1. The molecular formula is C41H49F3N4O5. The molecule has 0 spiro atoms. The van der Waals surface area contributed by atoms with Crippen LogP contribution in [0.15, 0.2) is 84.9 Å². The summed E-state index contributed by atoms with van der Waals surface area (Å²) >= 11 is 0. The molecule has 1 aliphatic rings. The SMILES string of the molecule is C[C@@H]1CCCCO[C@H](CN(C)Cc2ccc(C(F)(F)F)cc2)[C@@H](C)CN([C@@H](C)CO)C(=O)c2cc(NC(=O)Nc3cccc4ccccc34)ccc2O1. The fraction of sp³-hybridized carbons (Fsp3) is 0.415. The van der Waals surface area contributed by atoms with Gasteiger partial charge in [0, 0.05) is 43.2 Å². The van der Waals surface area contributed by atoms with Gasteiger partial charge in [-0.05, 0) is 87.5 Å². The molecule has 1 heterocycles. The highest BCUT2D eigenvalue weighted by Gasteiger charge is 2.32. The van der Waals surface area contributed by atoms with E-state index in [0.717, 1.165) is 47.7 Å². The summed E-state index contributed by atoms with van der Waals surface area (Å²) in [4.78, 5) is 31.3. The maximum Gasteiger partial charge on any atom is 0.416 e. The molecule has 0 radical (unpaired) electrons. The molecule has 3 amide bonds. The van der Waals surface area contributed by atoms with Crippen molar-refractivity contribution in [1.82, 2.24) is 9.80 Å². The zero-order valence-electron chi connectivity index (χ0n) is 30.7. The van der Waals surface area contributed by atoms with Gasteiger partial charge in [-0.25, -0.2) is 4.79 Å². The predicted octanol–water partition coefficient (Wildman–Crippen LogP) is 8.43. The minimum Gasteiger partial charge on any atom is -0.490 e. The number of aliphatic hydroxyl groups excluding tert-OH is 1. The standard InChI is InChI=1S/C41H49F3N4O5/c1-27-23-48(28(2)26-49)39(50)35-22-33(45-40(51)46-36-14-9-12-31-11-5-6-13-34(31)36)19-20-37(35)53-29(3)10-7-8-21-52-38(27)25-47(4)24-30-15-17-32(18-16-30)41(42,43)44/h5-6,9,11-20,22,27-29,38,49H,7-8,10,21,23-26H2,1-4H3,(H2,45,46,51)/t27-,28-,29+,38+/m0/s1. The molecule has 4 aromatic rings. The Morgan fingerprint density at radius 3 is 2.47 bits per heavy atom. The molecule has 12 heteroatoms. The number of aliphatic hydroxyl groups is 1. The third kappa shape index (κ3) is 10.7. The van der Waals surface area contributed by atoms with Gasteiger partial charge in [-0.15, -0.1) is 0 Å². The van der Waals surface area contributed by atoms with Gasteiger partial charge in [-0.2, -0.15) is 13.2 Å². The van der Waals surface area contributed by atoms with Gasteiger partial charge in [0.25, 0.3) is 5.91 Å². The Bertz CT molecular complexity index is 1830. The smallest absolute Gasteiger partial charge is 0.416 e. The van der Waals surface area contributed by atoms with Crippen LogP contribution in [-0.4, -0.2) is 78.4 Å². The number of nitrogens with zero attached hydrogens (tertiary/aromatic N) is 2. The molecule has 284 valence electrons. The highest BCUT2D eigenvalue weighted by Crippen LogP contribution is 2.31. The summed E-state index contributed by atoms with van der Waals surface area (Å²) in [6.07, 6.45) is -2.60. The highest BCUT2D eigenvalue weighted by molar-refractivity contribution is 6.07. The largest absolute Gasteiger partial charge is 0.490 e. The first kappa shape index (κ1) is 39.6. The number of amides is 3. The molecule has 5 rings (SSSR count). The number of anilines is 2. The summed E-state index contributed by atoms with van der Waals surface area (Å²) < 4.78 is 52.1. The van der Waals surface area contributed by atoms with Gasteiger partial charge >= 0.3 is 12.2 Å². The van der Waals surface area contributed by atoms with Crippen LogP contribution in [0.4, 0.5) is 29.3 Å². The second-order valence-electron chi connectivity index (χ2n) is 14.0. The number of ether oxygens (including phenoxy) is 2. The maximum absolute atomic E-state index is 14.5. The summed E-state index contributed by atoms with van der Waals surface area (Å²) in [6.45, 7) is 7.03. The molecule has 4 aromatic carbocycles. The fourth-order valence-electron chi connectivity index (χ4n) is 6.56. The van der Waals surface area contributed by atoms with Crippen molar-refractivity contribution in [2.24, 2.45) is 5.92 Å². The van der Waals surface area contributed by atoms with E-state index in [2.05, 4.69) is 10.6 Å². The number of halogens is 3. The number of alkyl halides is 3. The maximum atomic E-state index is 14.5. The third-order valence-corrected chi connectivity index (χ3v) is 9.57. The molecule has 0 saturated heterocycles. The van der Waals surface area contributed by atoms with E-state index in [0.29, 0.717) is 36.8 Å². The Morgan fingerprint density at radius 2 is 1.74 bits per heavy atom. The number of fused-ring (bicyclic) bond motifs is 2. The van der Waals surface area contributed by atoms with E-state index in [1.54, 1.807) is 30.0 Å². The summed E-state index contributed by atoms with van der Waals surface area (Å²) in [5, 5.41) is 17.9. The van der Waals surface area contributed by atoms with Crippen LogP contribution in [0.2, 0.25) is 0 Å². The van der Waals surface area contributed by atoms with E-state index in [1.807, 2.05) is 68.3 Å². The van der Waals surface area contributed by atoms with Crippen molar-refractivity contribution in [3.05, 3.63) is 102 Å². The Hall–Kier alpha value is -4.65. The molecule has 0 unspecified atom stereocenters. The van der Waals surface area contributed by atoms with Gasteiger partial charge in [0.2, 0.25) is 0 Å². The van der Waals surface area contributed by atoms with Crippen molar-refractivity contribution in [2.45, 2.75) is 71.0 Å². The Balaban J connectivity index is 1.36. The van der Waals surface area contributed by atoms with Crippen LogP contribution in [0.25, 0.3) is 10.8 Å². The summed E-state index contributed by atoms with van der Waals surface area (Å²) in [6, 6.07) is 22.5. The van der Waals surface area contributed by atoms with Crippen LogP contribution in [0.1, 0.15) is 61.5 Å². The lowest BCUT2D eigenvalue weighted by Crippen LogP contribution is -2.47. The Labute approximate surface area is 309 Å². The molecule has 1 aliphatic heterocycles. The first-order chi connectivity index (χ1) is 25.3. The number of nitrogens with one attached hydrogen (secondary N) is 2. The van der Waals surface area contributed by atoms with E-state index in [4.69, 9.17) is 9.47 Å². The third-order valence-electron chi connectivity index (χ3n) is 9.57. The second-order valence-corrected chi connectivity index (χ2v) is 14.0. The van der Waals surface area contributed by atoms with Crippen LogP contribution in [0, 0.1) is 5.92 Å². The monoisotopic (exact) mass is 734 g/mol. The Kier molecular flexibility index (Phi) is 13.4. The molecule has 0 fully saturated rings. The number of urea groups is 1. The number of rotatable bonds is 8. The molecule has 4 atom stereocenters. The molecular weight excluding hydrogens is 685 g/mol. The quantitative estimate of drug-likeness (QED) is 0.168. The average Bonchev–Trinajstić information content (AvgIpc) is 3.12. The van der Waals surface area contributed by atoms with Crippen molar-refractivity contribution >= 4 is 34.1 Å². The van der Waals surface area contributed by atoms with E-state index in [1.165, 1.54) is 12.1 Å². The molecule has 0 aromatic heterocycles. The molecule has 0 bridgehead atoms. The van der Waals surface area contributed by atoms with E-state index in [-0.39, 0.29) is 42.7 Å². The van der Waals surface area contributed by atoms with Crippen molar-refractivity contribution < 1.29 is 37.3 Å². The zero-order valence-corrected chi connectivity index (χ0v) is 30.7. The lowest BCUT2D eigenvalue weighted by molar-refractivity contribution is -0.137. The normalized spacial score (nSPS) is 19.6. The van der Waals surface area contributed by atoms with Crippen LogP contribution in [0.5, 0.6) is 5.75 Å². The number of carbonyl (C=O) groups excluding carboxylic acids is 2. The number of carbonyl (C=O) groups is 2. The lowest BCUT2D eigenvalue weighted by Gasteiger charge is -2.36. The van der Waals surface area contributed by atoms with E-state index < -0.39 is 23.8 Å². The van der Waals surface area contributed by atoms with Crippen molar-refractivity contribution in [3.8, 4) is 5.75 Å². The van der Waals surface area contributed by atoms with Gasteiger partial charge in [0.1, 0.15) is 5.75 Å². The van der Waals surface area contributed by atoms with Gasteiger partial charge in [-0.1, -0.05) is 55.5 Å². The first-order valence-electron chi connectivity index (χ1n) is 18.1. The molecule has 53 heavy (non-hydrogen) atoms. The molecule has 9 nitrogen and oxygen atoms in total. The van der Waals surface area contributed by atoms with Crippen LogP contribution < -0.4 is 15.4 Å². The summed E-state index contributed by atoms with van der Waals surface area (Å²) in [5.41, 5.74) is 1.33. The van der Waals surface area contributed by atoms with Crippen LogP contribution >= 0.6 is 0 Å². The lowest BCUT2D eigenvalue weighted by atomic mass is 10.0. The minimum absolute atomic E-state index is 0.193. The molecule has 3 N–H and O–H groups in total. The summed E-state index contributed by atoms with van der Waals surface area (Å²) in [7, 11) is 1.89.